The third-order valence-electron chi connectivity index (χ3n) is 3.62. The van der Waals surface area contributed by atoms with E-state index in [-0.39, 0.29) is 0 Å². The minimum absolute atomic E-state index is 0.822. The second-order valence-corrected chi connectivity index (χ2v) is 5.52. The van der Waals surface area contributed by atoms with Gasteiger partial charge >= 0.3 is 0 Å². The summed E-state index contributed by atoms with van der Waals surface area (Å²) >= 11 is 0. The van der Waals surface area contributed by atoms with E-state index in [1.807, 2.05) is 0 Å². The van der Waals surface area contributed by atoms with Crippen molar-refractivity contribution in [1.29, 1.82) is 0 Å². The Labute approximate surface area is 128 Å². The standard InChI is InChI=1S/C18H26N2O/c1-3-11-19-14-18-17(10-13-21-18)15-20(2)12-9-16-7-5-4-6-8-16/h4-8,10,13,19H,3,9,11-12,14-15H2,1-2H3. The van der Waals surface area contributed by atoms with E-state index in [2.05, 4.69) is 60.6 Å². The number of likely N-dealkylation sites (N-methyl/N-ethyl adjacent to an activating group) is 1. The summed E-state index contributed by atoms with van der Waals surface area (Å²) in [4.78, 5) is 2.35. The molecular formula is C18H26N2O. The number of hydrogen-bond acceptors (Lipinski definition) is 3. The van der Waals surface area contributed by atoms with Gasteiger partial charge in [-0.3, -0.25) is 0 Å². The summed E-state index contributed by atoms with van der Waals surface area (Å²) in [5.41, 5.74) is 2.68. The van der Waals surface area contributed by atoms with Gasteiger partial charge in [-0.15, -0.1) is 0 Å². The van der Waals surface area contributed by atoms with Gasteiger partial charge in [0.2, 0.25) is 0 Å². The van der Waals surface area contributed by atoms with Crippen LogP contribution in [0.25, 0.3) is 0 Å². The Morgan fingerprint density at radius 2 is 1.95 bits per heavy atom. The fourth-order valence-corrected chi connectivity index (χ4v) is 2.38. The molecule has 0 aliphatic carbocycles. The van der Waals surface area contributed by atoms with Crippen molar-refractivity contribution in [2.45, 2.75) is 32.9 Å². The van der Waals surface area contributed by atoms with Crippen LogP contribution in [0.1, 0.15) is 30.2 Å². The lowest BCUT2D eigenvalue weighted by Crippen LogP contribution is -2.22. The predicted molar refractivity (Wildman–Crippen MR) is 87.2 cm³/mol. The molecule has 0 fully saturated rings. The van der Waals surface area contributed by atoms with Gasteiger partial charge in [0.25, 0.3) is 0 Å². The molecule has 0 saturated carbocycles. The first-order valence-corrected chi connectivity index (χ1v) is 7.78. The Balaban J connectivity index is 1.79. The highest BCUT2D eigenvalue weighted by molar-refractivity contribution is 5.17. The lowest BCUT2D eigenvalue weighted by molar-refractivity contribution is 0.326. The molecule has 1 aromatic carbocycles. The molecule has 0 amide bonds. The van der Waals surface area contributed by atoms with Gasteiger partial charge in [0.1, 0.15) is 5.76 Å². The molecule has 3 heteroatoms. The van der Waals surface area contributed by atoms with Crippen LogP contribution in [-0.2, 0) is 19.5 Å². The zero-order chi connectivity index (χ0) is 14.9. The monoisotopic (exact) mass is 286 g/mol. The van der Waals surface area contributed by atoms with Gasteiger partial charge in [-0.25, -0.2) is 0 Å². The Bertz CT molecular complexity index is 507. The summed E-state index contributed by atoms with van der Waals surface area (Å²) in [7, 11) is 2.17. The molecule has 0 spiro atoms. The first kappa shape index (κ1) is 15.8. The number of rotatable bonds is 9. The summed E-state index contributed by atoms with van der Waals surface area (Å²) in [5, 5.41) is 3.40. The van der Waals surface area contributed by atoms with E-state index in [0.29, 0.717) is 0 Å². The molecule has 114 valence electrons. The number of nitrogens with zero attached hydrogens (tertiary/aromatic N) is 1. The minimum Gasteiger partial charge on any atom is -0.468 e. The molecule has 21 heavy (non-hydrogen) atoms. The van der Waals surface area contributed by atoms with Crippen LogP contribution in [0.5, 0.6) is 0 Å². The van der Waals surface area contributed by atoms with Gasteiger partial charge < -0.3 is 14.6 Å². The van der Waals surface area contributed by atoms with E-state index in [1.54, 1.807) is 6.26 Å². The van der Waals surface area contributed by atoms with Crippen LogP contribution < -0.4 is 5.32 Å². The van der Waals surface area contributed by atoms with Gasteiger partial charge in [0.15, 0.2) is 0 Å². The molecule has 1 heterocycles. The molecule has 1 N–H and O–H groups in total. The van der Waals surface area contributed by atoms with Crippen molar-refractivity contribution in [3.05, 3.63) is 59.5 Å². The molecule has 0 radical (unpaired) electrons. The second-order valence-electron chi connectivity index (χ2n) is 5.52. The number of benzene rings is 1. The first-order valence-electron chi connectivity index (χ1n) is 7.78. The Kier molecular flexibility index (Phi) is 6.51. The van der Waals surface area contributed by atoms with Gasteiger partial charge in [-0.2, -0.15) is 0 Å². The third kappa shape index (κ3) is 5.37. The summed E-state index contributed by atoms with van der Waals surface area (Å²) in [6, 6.07) is 12.7. The molecule has 0 aliphatic heterocycles. The van der Waals surface area contributed by atoms with Crippen molar-refractivity contribution in [2.24, 2.45) is 0 Å². The molecule has 0 saturated heterocycles. The summed E-state index contributed by atoms with van der Waals surface area (Å²) in [5.74, 6) is 1.06. The van der Waals surface area contributed by atoms with E-state index >= 15 is 0 Å². The average molecular weight is 286 g/mol. The van der Waals surface area contributed by atoms with E-state index < -0.39 is 0 Å². The van der Waals surface area contributed by atoms with Crippen molar-refractivity contribution >= 4 is 0 Å². The Hall–Kier alpha value is -1.58. The van der Waals surface area contributed by atoms with Crippen LogP contribution in [0, 0.1) is 0 Å². The second kappa shape index (κ2) is 8.65. The van der Waals surface area contributed by atoms with Gasteiger partial charge in [-0.1, -0.05) is 37.3 Å². The highest BCUT2D eigenvalue weighted by atomic mass is 16.3. The van der Waals surface area contributed by atoms with Crippen molar-refractivity contribution in [3.63, 3.8) is 0 Å². The van der Waals surface area contributed by atoms with E-state index in [1.165, 1.54) is 11.1 Å². The zero-order valence-electron chi connectivity index (χ0n) is 13.1. The topological polar surface area (TPSA) is 28.4 Å². The molecule has 3 nitrogen and oxygen atoms in total. The van der Waals surface area contributed by atoms with Gasteiger partial charge in [0.05, 0.1) is 12.8 Å². The van der Waals surface area contributed by atoms with Gasteiger partial charge in [0, 0.05) is 18.7 Å². The molecule has 0 unspecified atom stereocenters. The highest BCUT2D eigenvalue weighted by Crippen LogP contribution is 2.13. The molecule has 0 aliphatic rings. The number of nitrogens with one attached hydrogen (secondary N) is 1. The maximum Gasteiger partial charge on any atom is 0.122 e. The third-order valence-corrected chi connectivity index (χ3v) is 3.62. The maximum atomic E-state index is 5.59. The zero-order valence-corrected chi connectivity index (χ0v) is 13.1. The van der Waals surface area contributed by atoms with E-state index in [4.69, 9.17) is 4.42 Å². The van der Waals surface area contributed by atoms with Crippen molar-refractivity contribution in [3.8, 4) is 0 Å². The molecule has 0 atom stereocenters. The molecule has 1 aromatic heterocycles. The van der Waals surface area contributed by atoms with Crippen molar-refractivity contribution in [1.82, 2.24) is 10.2 Å². The summed E-state index contributed by atoms with van der Waals surface area (Å²) in [6.45, 7) is 6.02. The number of furan rings is 1. The largest absolute Gasteiger partial charge is 0.468 e. The summed E-state index contributed by atoms with van der Waals surface area (Å²) in [6.07, 6.45) is 4.02. The quantitative estimate of drug-likeness (QED) is 0.716. The Morgan fingerprint density at radius 1 is 1.14 bits per heavy atom. The molecule has 0 bridgehead atoms. The maximum absolute atomic E-state index is 5.59. The first-order chi connectivity index (χ1) is 10.3. The fourth-order valence-electron chi connectivity index (χ4n) is 2.38. The van der Waals surface area contributed by atoms with E-state index in [9.17, 15) is 0 Å². The van der Waals surface area contributed by atoms with Crippen LogP contribution in [0.2, 0.25) is 0 Å². The lowest BCUT2D eigenvalue weighted by Gasteiger charge is -2.16. The van der Waals surface area contributed by atoms with E-state index in [0.717, 1.165) is 44.8 Å². The van der Waals surface area contributed by atoms with Crippen LogP contribution in [-0.4, -0.2) is 25.0 Å². The van der Waals surface area contributed by atoms with Gasteiger partial charge in [-0.05, 0) is 38.1 Å². The van der Waals surface area contributed by atoms with Crippen molar-refractivity contribution < 1.29 is 4.42 Å². The molecule has 2 rings (SSSR count). The van der Waals surface area contributed by atoms with Crippen LogP contribution in [0.3, 0.4) is 0 Å². The normalized spacial score (nSPS) is 11.2. The predicted octanol–water partition coefficient (Wildman–Crippen LogP) is 3.45. The Morgan fingerprint density at radius 3 is 2.71 bits per heavy atom. The van der Waals surface area contributed by atoms with Crippen LogP contribution in [0.15, 0.2) is 47.1 Å². The van der Waals surface area contributed by atoms with Crippen LogP contribution in [0.4, 0.5) is 0 Å². The lowest BCUT2D eigenvalue weighted by atomic mass is 10.1. The number of hydrogen-bond donors (Lipinski definition) is 1. The smallest absolute Gasteiger partial charge is 0.122 e. The fraction of sp³-hybridized carbons (Fsp3) is 0.444. The molecular weight excluding hydrogens is 260 g/mol. The highest BCUT2D eigenvalue weighted by Gasteiger charge is 2.08. The van der Waals surface area contributed by atoms with Crippen LogP contribution >= 0.6 is 0 Å². The SMILES string of the molecule is CCCNCc1occc1CN(C)CCc1ccccc1. The average Bonchev–Trinajstić information content (AvgIpc) is 2.94. The molecule has 2 aromatic rings. The minimum atomic E-state index is 0.822. The van der Waals surface area contributed by atoms with Crippen molar-refractivity contribution in [2.75, 3.05) is 20.1 Å². The summed E-state index contributed by atoms with van der Waals surface area (Å²) < 4.78 is 5.59.